The van der Waals surface area contributed by atoms with E-state index < -0.39 is 0 Å². The minimum atomic E-state index is -0.342. The van der Waals surface area contributed by atoms with Gasteiger partial charge >= 0.3 is 0 Å². The predicted octanol–water partition coefficient (Wildman–Crippen LogP) is 3.35. The van der Waals surface area contributed by atoms with Gasteiger partial charge in [-0.15, -0.1) is 11.3 Å². The number of benzene rings is 1. The average molecular weight is 307 g/mol. The molecule has 0 spiro atoms. The Morgan fingerprint density at radius 2 is 2.38 bits per heavy atom. The van der Waals surface area contributed by atoms with Crippen LogP contribution >= 0.6 is 11.3 Å². The highest BCUT2D eigenvalue weighted by Gasteiger charge is 2.25. The zero-order chi connectivity index (χ0) is 15.0. The molecular formula is C14H17N3O3S. The fourth-order valence-corrected chi connectivity index (χ4v) is 3.50. The highest BCUT2D eigenvalue weighted by molar-refractivity contribution is 7.18. The topological polar surface area (TPSA) is 77.3 Å². The van der Waals surface area contributed by atoms with Crippen LogP contribution < -0.4 is 5.32 Å². The molecule has 6 nitrogen and oxygen atoms in total. The SMILES string of the molecule is Cc1nc2cc(NCC3CCOC3C)c([N+](=O)[O-])cc2s1. The number of nitro benzene ring substituents is 1. The van der Waals surface area contributed by atoms with E-state index in [2.05, 4.69) is 10.3 Å². The number of fused-ring (bicyclic) bond motifs is 1. The molecular weight excluding hydrogens is 290 g/mol. The standard InChI is InChI=1S/C14H17N3O3S/c1-8-10(3-4-20-8)7-15-11-5-12-14(21-9(2)16-12)6-13(11)17(18)19/h5-6,8,10,15H,3-4,7H2,1-2H3. The summed E-state index contributed by atoms with van der Waals surface area (Å²) in [4.78, 5) is 15.3. The number of hydrogen-bond acceptors (Lipinski definition) is 6. The lowest BCUT2D eigenvalue weighted by Crippen LogP contribution is -2.21. The van der Waals surface area contributed by atoms with Crippen LogP contribution in [0.1, 0.15) is 18.4 Å². The molecule has 2 aromatic rings. The lowest BCUT2D eigenvalue weighted by atomic mass is 10.0. The zero-order valence-corrected chi connectivity index (χ0v) is 12.8. The number of ether oxygens (including phenoxy) is 1. The summed E-state index contributed by atoms with van der Waals surface area (Å²) in [7, 11) is 0. The molecule has 0 saturated carbocycles. The maximum absolute atomic E-state index is 11.3. The van der Waals surface area contributed by atoms with Crippen molar-refractivity contribution in [1.29, 1.82) is 0 Å². The second-order valence-corrected chi connectivity index (χ2v) is 6.57. The van der Waals surface area contributed by atoms with E-state index in [4.69, 9.17) is 4.74 Å². The first-order valence-corrected chi connectivity index (χ1v) is 7.77. The first kappa shape index (κ1) is 14.2. The van der Waals surface area contributed by atoms with Crippen molar-refractivity contribution in [1.82, 2.24) is 4.98 Å². The number of aryl methyl sites for hydroxylation is 1. The van der Waals surface area contributed by atoms with Crippen LogP contribution in [0.15, 0.2) is 12.1 Å². The number of hydrogen-bond donors (Lipinski definition) is 1. The number of nitrogens with zero attached hydrogens (tertiary/aromatic N) is 2. The highest BCUT2D eigenvalue weighted by atomic mass is 32.1. The van der Waals surface area contributed by atoms with Crippen LogP contribution in [0, 0.1) is 23.0 Å². The third-order valence-corrected chi connectivity index (χ3v) is 4.83. The Kier molecular flexibility index (Phi) is 3.77. The van der Waals surface area contributed by atoms with Gasteiger partial charge in [0.1, 0.15) is 5.69 Å². The Morgan fingerprint density at radius 3 is 3.05 bits per heavy atom. The van der Waals surface area contributed by atoms with Crippen LogP contribution in [0.4, 0.5) is 11.4 Å². The van der Waals surface area contributed by atoms with Gasteiger partial charge in [-0.05, 0) is 26.3 Å². The summed E-state index contributed by atoms with van der Waals surface area (Å²) in [6.07, 6.45) is 1.18. The molecule has 0 radical (unpaired) electrons. The van der Waals surface area contributed by atoms with E-state index in [0.717, 1.165) is 28.3 Å². The highest BCUT2D eigenvalue weighted by Crippen LogP contribution is 2.33. The lowest BCUT2D eigenvalue weighted by molar-refractivity contribution is -0.383. The van der Waals surface area contributed by atoms with E-state index in [1.54, 1.807) is 12.1 Å². The molecule has 1 saturated heterocycles. The van der Waals surface area contributed by atoms with E-state index in [1.165, 1.54) is 11.3 Å². The Labute approximate surface area is 126 Å². The van der Waals surface area contributed by atoms with Gasteiger partial charge in [-0.2, -0.15) is 0 Å². The number of aromatic nitrogens is 1. The average Bonchev–Trinajstić information content (AvgIpc) is 2.99. The van der Waals surface area contributed by atoms with Gasteiger partial charge < -0.3 is 10.1 Å². The van der Waals surface area contributed by atoms with Gasteiger partial charge in [0.05, 0.1) is 26.3 Å². The van der Waals surface area contributed by atoms with Gasteiger partial charge in [0.2, 0.25) is 0 Å². The number of anilines is 1. The number of rotatable bonds is 4. The van der Waals surface area contributed by atoms with Crippen LogP contribution in [0.3, 0.4) is 0 Å². The van der Waals surface area contributed by atoms with Crippen LogP contribution in [-0.2, 0) is 4.74 Å². The molecule has 1 fully saturated rings. The smallest absolute Gasteiger partial charge is 0.293 e. The van der Waals surface area contributed by atoms with E-state index in [-0.39, 0.29) is 16.7 Å². The van der Waals surface area contributed by atoms with Crippen LogP contribution in [0.5, 0.6) is 0 Å². The zero-order valence-electron chi connectivity index (χ0n) is 12.0. The summed E-state index contributed by atoms with van der Waals surface area (Å²) >= 11 is 1.47. The predicted molar refractivity (Wildman–Crippen MR) is 83.0 cm³/mol. The Morgan fingerprint density at radius 1 is 1.57 bits per heavy atom. The summed E-state index contributed by atoms with van der Waals surface area (Å²) in [6, 6.07) is 3.38. The molecule has 0 aliphatic carbocycles. The lowest BCUT2D eigenvalue weighted by Gasteiger charge is -2.15. The van der Waals surface area contributed by atoms with Crippen molar-refractivity contribution < 1.29 is 9.66 Å². The molecule has 1 N–H and O–H groups in total. The van der Waals surface area contributed by atoms with Crippen molar-refractivity contribution in [2.75, 3.05) is 18.5 Å². The van der Waals surface area contributed by atoms with Gasteiger partial charge in [-0.1, -0.05) is 0 Å². The Hall–Kier alpha value is -1.73. The molecule has 7 heteroatoms. The fraction of sp³-hybridized carbons (Fsp3) is 0.500. The molecule has 2 heterocycles. The first-order valence-electron chi connectivity index (χ1n) is 6.95. The molecule has 112 valence electrons. The normalized spacial score (nSPS) is 21.8. The molecule has 1 aliphatic heterocycles. The van der Waals surface area contributed by atoms with E-state index in [0.29, 0.717) is 18.2 Å². The summed E-state index contributed by atoms with van der Waals surface area (Å²) in [5, 5.41) is 15.4. The molecule has 1 aromatic heterocycles. The van der Waals surface area contributed by atoms with Crippen LogP contribution in [0.25, 0.3) is 10.2 Å². The third kappa shape index (κ3) is 2.84. The van der Waals surface area contributed by atoms with Crippen LogP contribution in [-0.4, -0.2) is 29.2 Å². The quantitative estimate of drug-likeness (QED) is 0.692. The van der Waals surface area contributed by atoms with Gasteiger partial charge in [0.15, 0.2) is 0 Å². The van der Waals surface area contributed by atoms with Gasteiger partial charge in [-0.3, -0.25) is 10.1 Å². The number of nitro groups is 1. The maximum Gasteiger partial charge on any atom is 0.293 e. The van der Waals surface area contributed by atoms with Crippen molar-refractivity contribution in [2.24, 2.45) is 5.92 Å². The summed E-state index contributed by atoms with van der Waals surface area (Å²) in [6.45, 7) is 5.39. The molecule has 0 bridgehead atoms. The molecule has 1 aromatic carbocycles. The number of nitrogens with one attached hydrogen (secondary N) is 1. The van der Waals surface area contributed by atoms with Crippen LogP contribution in [0.2, 0.25) is 0 Å². The first-order chi connectivity index (χ1) is 10.0. The molecule has 21 heavy (non-hydrogen) atoms. The Balaban J connectivity index is 1.88. The van der Waals surface area contributed by atoms with E-state index in [9.17, 15) is 10.1 Å². The maximum atomic E-state index is 11.3. The largest absolute Gasteiger partial charge is 0.379 e. The third-order valence-electron chi connectivity index (χ3n) is 3.90. The van der Waals surface area contributed by atoms with E-state index in [1.807, 2.05) is 13.8 Å². The minimum absolute atomic E-state index is 0.109. The van der Waals surface area contributed by atoms with Crippen molar-refractivity contribution in [3.05, 3.63) is 27.3 Å². The van der Waals surface area contributed by atoms with E-state index >= 15 is 0 Å². The second-order valence-electron chi connectivity index (χ2n) is 5.33. The van der Waals surface area contributed by atoms with Crippen molar-refractivity contribution in [3.8, 4) is 0 Å². The van der Waals surface area contributed by atoms with Gasteiger partial charge in [-0.25, -0.2) is 4.98 Å². The second kappa shape index (κ2) is 5.57. The van der Waals surface area contributed by atoms with Crippen molar-refractivity contribution in [3.63, 3.8) is 0 Å². The monoisotopic (exact) mass is 307 g/mol. The number of thiazole rings is 1. The van der Waals surface area contributed by atoms with Crippen molar-refractivity contribution in [2.45, 2.75) is 26.4 Å². The van der Waals surface area contributed by atoms with Crippen molar-refractivity contribution >= 4 is 32.9 Å². The summed E-state index contributed by atoms with van der Waals surface area (Å²) < 4.78 is 6.37. The molecule has 0 amide bonds. The Bertz CT molecular complexity index is 685. The van der Waals surface area contributed by atoms with Gasteiger partial charge in [0, 0.05) is 25.1 Å². The molecule has 1 aliphatic rings. The summed E-state index contributed by atoms with van der Waals surface area (Å²) in [5.74, 6) is 0.387. The van der Waals surface area contributed by atoms with Gasteiger partial charge in [0.25, 0.3) is 5.69 Å². The molecule has 2 atom stereocenters. The fourth-order valence-electron chi connectivity index (χ4n) is 2.66. The molecule has 3 rings (SSSR count). The minimum Gasteiger partial charge on any atom is -0.379 e. The summed E-state index contributed by atoms with van der Waals surface area (Å²) in [5.41, 5.74) is 1.45. The molecule has 2 unspecified atom stereocenters.